The predicted octanol–water partition coefficient (Wildman–Crippen LogP) is 5.32. The number of anilines is 2. The lowest BCUT2D eigenvalue weighted by Crippen LogP contribution is -2.26. The molecule has 0 aliphatic carbocycles. The SMILES string of the molecule is CCCCNc1cc(C(F)(F)F)ccc1C=CC(=O)NC(C)c1cc(F)c(N(C)S(=O)[O-])c(F)c1. The fourth-order valence-electron chi connectivity index (χ4n) is 3.15. The first kappa shape index (κ1) is 28.2. The summed E-state index contributed by atoms with van der Waals surface area (Å²) in [5.74, 6) is -2.91. The van der Waals surface area contributed by atoms with Crippen molar-refractivity contribution in [2.75, 3.05) is 23.2 Å². The summed E-state index contributed by atoms with van der Waals surface area (Å²) in [6.45, 7) is 3.85. The molecule has 0 aliphatic heterocycles. The van der Waals surface area contributed by atoms with Crippen LogP contribution in [0.5, 0.6) is 0 Å². The van der Waals surface area contributed by atoms with E-state index in [1.165, 1.54) is 19.1 Å². The molecule has 2 aromatic rings. The molecular weight excluding hydrogens is 493 g/mol. The van der Waals surface area contributed by atoms with Crippen LogP contribution in [0.25, 0.3) is 6.08 Å². The highest BCUT2D eigenvalue weighted by molar-refractivity contribution is 7.80. The standard InChI is InChI=1S/C23H26F5N3O3S/c1-4-5-10-29-20-13-17(23(26,27)28)8-6-15(20)7-9-21(32)30-14(2)16-11-18(24)22(19(25)12-16)31(3)35(33)34/h6-9,11-14,29H,4-5,10H2,1-3H3,(H,30,32)(H,33,34)/p-1. The third kappa shape index (κ3) is 7.76. The zero-order valence-corrected chi connectivity index (χ0v) is 20.0. The van der Waals surface area contributed by atoms with Crippen molar-refractivity contribution in [3.05, 3.63) is 64.7 Å². The van der Waals surface area contributed by atoms with Crippen LogP contribution in [0, 0.1) is 11.6 Å². The summed E-state index contributed by atoms with van der Waals surface area (Å²) >= 11 is -2.88. The largest absolute Gasteiger partial charge is 0.755 e. The Kier molecular flexibility index (Phi) is 9.78. The van der Waals surface area contributed by atoms with Crippen molar-refractivity contribution in [2.24, 2.45) is 0 Å². The van der Waals surface area contributed by atoms with E-state index in [0.29, 0.717) is 16.4 Å². The van der Waals surface area contributed by atoms with Gasteiger partial charge in [-0.15, -0.1) is 0 Å². The fraction of sp³-hybridized carbons (Fsp3) is 0.348. The molecule has 0 fully saturated rings. The Labute approximate surface area is 202 Å². The third-order valence-electron chi connectivity index (χ3n) is 5.08. The molecule has 6 nitrogen and oxygen atoms in total. The molecule has 2 rings (SSSR count). The van der Waals surface area contributed by atoms with E-state index in [2.05, 4.69) is 10.6 Å². The van der Waals surface area contributed by atoms with Crippen LogP contribution in [-0.4, -0.2) is 28.3 Å². The van der Waals surface area contributed by atoms with E-state index in [4.69, 9.17) is 0 Å². The second-order valence-corrected chi connectivity index (χ2v) is 8.67. The van der Waals surface area contributed by atoms with Crippen molar-refractivity contribution in [1.82, 2.24) is 5.32 Å². The van der Waals surface area contributed by atoms with Gasteiger partial charge in [-0.1, -0.05) is 19.4 Å². The summed E-state index contributed by atoms with van der Waals surface area (Å²) in [5.41, 5.74) is -0.972. The van der Waals surface area contributed by atoms with E-state index in [0.717, 1.165) is 50.2 Å². The molecule has 0 saturated carbocycles. The number of carbonyl (C=O) groups is 1. The number of benzene rings is 2. The van der Waals surface area contributed by atoms with Gasteiger partial charge in [-0.05, 0) is 54.8 Å². The monoisotopic (exact) mass is 518 g/mol. The van der Waals surface area contributed by atoms with Crippen molar-refractivity contribution in [3.63, 3.8) is 0 Å². The minimum absolute atomic E-state index is 0.0482. The van der Waals surface area contributed by atoms with Gasteiger partial charge in [0.25, 0.3) is 0 Å². The zero-order valence-electron chi connectivity index (χ0n) is 19.2. The number of nitrogens with zero attached hydrogens (tertiary/aromatic N) is 1. The van der Waals surface area contributed by atoms with Gasteiger partial charge in [0.2, 0.25) is 5.91 Å². The molecule has 2 aromatic carbocycles. The Balaban J connectivity index is 2.19. The van der Waals surface area contributed by atoms with Crippen molar-refractivity contribution in [2.45, 2.75) is 38.9 Å². The van der Waals surface area contributed by atoms with Gasteiger partial charge in [0.15, 0.2) is 11.6 Å². The maximum atomic E-state index is 14.3. The average Bonchev–Trinajstić information content (AvgIpc) is 2.76. The topological polar surface area (TPSA) is 84.5 Å². The van der Waals surface area contributed by atoms with Gasteiger partial charge >= 0.3 is 6.18 Å². The van der Waals surface area contributed by atoms with Crippen LogP contribution in [0.4, 0.5) is 33.3 Å². The van der Waals surface area contributed by atoms with Gasteiger partial charge in [0, 0.05) is 36.6 Å². The zero-order chi connectivity index (χ0) is 26.3. The fourth-order valence-corrected chi connectivity index (χ4v) is 3.48. The Morgan fingerprint density at radius 1 is 1.20 bits per heavy atom. The maximum absolute atomic E-state index is 14.3. The second-order valence-electron chi connectivity index (χ2n) is 7.69. The number of hydrogen-bond acceptors (Lipinski definition) is 4. The Bertz CT molecular complexity index is 1090. The van der Waals surface area contributed by atoms with Crippen LogP contribution in [0.2, 0.25) is 0 Å². The Morgan fingerprint density at radius 3 is 2.37 bits per heavy atom. The lowest BCUT2D eigenvalue weighted by Gasteiger charge is -2.23. The molecule has 35 heavy (non-hydrogen) atoms. The molecule has 0 aromatic heterocycles. The first-order valence-electron chi connectivity index (χ1n) is 10.6. The van der Waals surface area contributed by atoms with Gasteiger partial charge < -0.3 is 19.5 Å². The van der Waals surface area contributed by atoms with E-state index in [1.54, 1.807) is 0 Å². The van der Waals surface area contributed by atoms with Crippen LogP contribution < -0.4 is 14.9 Å². The highest BCUT2D eigenvalue weighted by Gasteiger charge is 2.30. The number of nitrogens with one attached hydrogen (secondary N) is 2. The van der Waals surface area contributed by atoms with E-state index in [-0.39, 0.29) is 11.3 Å². The van der Waals surface area contributed by atoms with E-state index >= 15 is 0 Å². The molecular formula is C23H25F5N3O3S-. The number of alkyl halides is 3. The first-order chi connectivity index (χ1) is 16.3. The lowest BCUT2D eigenvalue weighted by atomic mass is 10.1. The van der Waals surface area contributed by atoms with Crippen LogP contribution in [0.15, 0.2) is 36.4 Å². The number of carbonyl (C=O) groups excluding carboxylic acids is 1. The van der Waals surface area contributed by atoms with Crippen LogP contribution in [0.3, 0.4) is 0 Å². The molecule has 0 heterocycles. The summed E-state index contributed by atoms with van der Waals surface area (Å²) in [5, 5.41) is 5.44. The van der Waals surface area contributed by atoms with Crippen molar-refractivity contribution >= 4 is 34.6 Å². The molecule has 12 heteroatoms. The molecule has 0 saturated heterocycles. The van der Waals surface area contributed by atoms with E-state index in [1.807, 2.05) is 6.92 Å². The molecule has 0 spiro atoms. The summed E-state index contributed by atoms with van der Waals surface area (Å²) in [4.78, 5) is 12.4. The van der Waals surface area contributed by atoms with Gasteiger partial charge in [0.1, 0.15) is 5.69 Å². The van der Waals surface area contributed by atoms with Crippen LogP contribution in [0.1, 0.15) is 49.4 Å². The highest BCUT2D eigenvalue weighted by Crippen LogP contribution is 2.33. The minimum Gasteiger partial charge on any atom is -0.755 e. The summed E-state index contributed by atoms with van der Waals surface area (Å²) in [6, 6.07) is 4.07. The van der Waals surface area contributed by atoms with Gasteiger partial charge in [-0.2, -0.15) is 13.2 Å². The van der Waals surface area contributed by atoms with Crippen molar-refractivity contribution < 1.29 is 35.5 Å². The highest BCUT2D eigenvalue weighted by atomic mass is 32.2. The number of unbranched alkanes of at least 4 members (excludes halogenated alkanes) is 1. The lowest BCUT2D eigenvalue weighted by molar-refractivity contribution is -0.137. The number of rotatable bonds is 10. The van der Waals surface area contributed by atoms with E-state index in [9.17, 15) is 35.5 Å². The van der Waals surface area contributed by atoms with Gasteiger partial charge in [0.05, 0.1) is 11.6 Å². The van der Waals surface area contributed by atoms with Crippen LogP contribution in [-0.2, 0) is 22.2 Å². The van der Waals surface area contributed by atoms with Crippen LogP contribution >= 0.6 is 0 Å². The summed E-state index contributed by atoms with van der Waals surface area (Å²) in [7, 11) is 0.979. The molecule has 192 valence electrons. The van der Waals surface area contributed by atoms with E-state index < -0.39 is 52.3 Å². The average molecular weight is 519 g/mol. The molecule has 2 N–H and O–H groups in total. The molecule has 2 atom stereocenters. The summed E-state index contributed by atoms with van der Waals surface area (Å²) in [6.07, 6.45) is -0.513. The summed E-state index contributed by atoms with van der Waals surface area (Å²) < 4.78 is 90.2. The van der Waals surface area contributed by atoms with Crippen molar-refractivity contribution in [3.8, 4) is 0 Å². The molecule has 2 unspecified atom stereocenters. The smallest absolute Gasteiger partial charge is 0.416 e. The number of hydrogen-bond donors (Lipinski definition) is 2. The minimum atomic E-state index is -4.52. The number of amides is 1. The molecule has 0 bridgehead atoms. The first-order valence-corrected chi connectivity index (χ1v) is 11.6. The molecule has 0 radical (unpaired) electrons. The number of halogens is 5. The normalized spacial score (nSPS) is 13.5. The Hall–Kier alpha value is -2.99. The quantitative estimate of drug-likeness (QED) is 0.193. The predicted molar refractivity (Wildman–Crippen MR) is 124 cm³/mol. The van der Waals surface area contributed by atoms with Gasteiger partial charge in [-0.3, -0.25) is 9.00 Å². The maximum Gasteiger partial charge on any atom is 0.416 e. The molecule has 0 aliphatic rings. The Morgan fingerprint density at radius 2 is 1.83 bits per heavy atom. The third-order valence-corrected chi connectivity index (χ3v) is 5.71. The van der Waals surface area contributed by atoms with Crippen molar-refractivity contribution in [1.29, 1.82) is 0 Å². The van der Waals surface area contributed by atoms with Gasteiger partial charge in [-0.25, -0.2) is 8.78 Å². The second kappa shape index (κ2) is 12.1. The molecule has 1 amide bonds.